The Morgan fingerprint density at radius 2 is 2.08 bits per heavy atom. The van der Waals surface area contributed by atoms with Crippen LogP contribution in [0.2, 0.25) is 5.82 Å². The Labute approximate surface area is 147 Å². The lowest BCUT2D eigenvalue weighted by Crippen LogP contribution is -2.37. The van der Waals surface area contributed by atoms with Crippen LogP contribution < -0.4 is 4.65 Å². The summed E-state index contributed by atoms with van der Waals surface area (Å²) in [6.07, 6.45) is 2.96. The van der Waals surface area contributed by atoms with Gasteiger partial charge in [0.2, 0.25) is 0 Å². The van der Waals surface area contributed by atoms with Crippen LogP contribution in [0.1, 0.15) is 22.3 Å². The van der Waals surface area contributed by atoms with Crippen molar-refractivity contribution in [3.63, 3.8) is 0 Å². The number of ketones is 1. The smallest absolute Gasteiger partial charge is 0.526 e. The van der Waals surface area contributed by atoms with Crippen LogP contribution in [0.15, 0.2) is 35.7 Å². The predicted molar refractivity (Wildman–Crippen MR) is 88.3 cm³/mol. The monoisotopic (exact) mass is 358 g/mol. The van der Waals surface area contributed by atoms with E-state index in [0.717, 1.165) is 0 Å². The zero-order chi connectivity index (χ0) is 18.7. The van der Waals surface area contributed by atoms with Gasteiger partial charge in [-0.05, 0) is 18.1 Å². The number of para-hydroxylation sites is 1. The third kappa shape index (κ3) is 3.57. The molecule has 0 amide bonds. The van der Waals surface area contributed by atoms with Gasteiger partial charge < -0.3 is 20.0 Å². The van der Waals surface area contributed by atoms with E-state index in [4.69, 9.17) is 9.86 Å². The number of hydrogen-bond acceptors (Lipinski definition) is 8. The van der Waals surface area contributed by atoms with Crippen molar-refractivity contribution in [2.45, 2.75) is 25.2 Å². The molecule has 1 aliphatic rings. The highest BCUT2D eigenvalue weighted by Gasteiger charge is 2.38. The molecule has 0 bridgehead atoms. The predicted octanol–water partition coefficient (Wildman–Crippen LogP) is 0.251. The molecule has 26 heavy (non-hydrogen) atoms. The lowest BCUT2D eigenvalue weighted by Gasteiger charge is -2.28. The average Bonchev–Trinajstić information content (AvgIpc) is 3.12. The van der Waals surface area contributed by atoms with E-state index in [1.807, 2.05) is 0 Å². The standard InChI is InChI=1S/C15H15BN4O6/c21-13(12(19-25)8-20-17-4-5-18-20)7-10-6-9-2-1-3-11(15(22)23)14(9)26-16(10)24/h1-5,10,24-25H,6-8H2,(H,22,23)/b19-12-/t10-/m1/s1. The number of nitrogens with zero attached hydrogens (tertiary/aromatic N) is 4. The van der Waals surface area contributed by atoms with Gasteiger partial charge in [-0.2, -0.15) is 15.0 Å². The largest absolute Gasteiger partial charge is 0.535 e. The van der Waals surface area contributed by atoms with Crippen LogP contribution in [0, 0.1) is 0 Å². The van der Waals surface area contributed by atoms with Gasteiger partial charge in [-0.3, -0.25) is 4.79 Å². The van der Waals surface area contributed by atoms with Crippen molar-refractivity contribution in [3.8, 4) is 5.75 Å². The summed E-state index contributed by atoms with van der Waals surface area (Å²) in [5.74, 6) is -2.16. The molecule has 2 heterocycles. The van der Waals surface area contributed by atoms with Crippen LogP contribution in [0.3, 0.4) is 0 Å². The summed E-state index contributed by atoms with van der Waals surface area (Å²) in [6.45, 7) is -0.105. The zero-order valence-corrected chi connectivity index (χ0v) is 13.5. The van der Waals surface area contributed by atoms with Crippen LogP contribution >= 0.6 is 0 Å². The molecule has 3 rings (SSSR count). The molecule has 11 heteroatoms. The lowest BCUT2D eigenvalue weighted by molar-refractivity contribution is -0.113. The molecule has 0 saturated heterocycles. The number of carboxylic acids is 1. The topological polar surface area (TPSA) is 147 Å². The fourth-order valence-electron chi connectivity index (χ4n) is 2.82. The zero-order valence-electron chi connectivity index (χ0n) is 13.5. The number of aromatic carboxylic acids is 1. The van der Waals surface area contributed by atoms with Crippen LogP contribution in [0.5, 0.6) is 5.75 Å². The SMILES string of the molecule is O=C(C[C@H]1Cc2cccc(C(=O)O)c2OB1O)/C(Cn1nccn1)=N\O. The van der Waals surface area contributed by atoms with Gasteiger partial charge in [0, 0.05) is 12.2 Å². The summed E-state index contributed by atoms with van der Waals surface area (Å²) in [6, 6.07) is 4.64. The summed E-state index contributed by atoms with van der Waals surface area (Å²) < 4.78 is 5.35. The Morgan fingerprint density at radius 1 is 1.35 bits per heavy atom. The number of Topliss-reactive ketones (excluding diaryl/α,β-unsaturated/α-hetero) is 1. The Kier molecular flexibility index (Phi) is 4.98. The first kappa shape index (κ1) is 17.6. The van der Waals surface area contributed by atoms with Crippen LogP contribution in [0.25, 0.3) is 0 Å². The number of fused-ring (bicyclic) bond motifs is 1. The van der Waals surface area contributed by atoms with Gasteiger partial charge in [-0.25, -0.2) is 4.79 Å². The Bertz CT molecular complexity index is 854. The molecule has 134 valence electrons. The number of carbonyl (C=O) groups excluding carboxylic acids is 1. The number of aromatic nitrogens is 3. The molecule has 1 aromatic carbocycles. The maximum Gasteiger partial charge on any atom is 0.526 e. The molecule has 1 atom stereocenters. The Morgan fingerprint density at radius 3 is 2.73 bits per heavy atom. The summed E-state index contributed by atoms with van der Waals surface area (Å²) in [5, 5.41) is 39.1. The number of rotatable bonds is 6. The van der Waals surface area contributed by atoms with Gasteiger partial charge in [-0.15, -0.1) is 0 Å². The minimum Gasteiger partial charge on any atom is -0.535 e. The van der Waals surface area contributed by atoms with Gasteiger partial charge in [0.05, 0.1) is 18.0 Å². The van der Waals surface area contributed by atoms with Gasteiger partial charge in [0.25, 0.3) is 0 Å². The summed E-state index contributed by atoms with van der Waals surface area (Å²) in [7, 11) is -1.35. The summed E-state index contributed by atoms with van der Waals surface area (Å²) in [5.41, 5.74) is 0.386. The van der Waals surface area contributed by atoms with E-state index in [0.29, 0.717) is 5.56 Å². The quantitative estimate of drug-likeness (QED) is 0.288. The number of hydrogen-bond donors (Lipinski definition) is 3. The van der Waals surface area contributed by atoms with Crippen LogP contribution in [-0.4, -0.2) is 54.9 Å². The second kappa shape index (κ2) is 7.36. The average molecular weight is 358 g/mol. The molecule has 0 fully saturated rings. The second-order valence-corrected chi connectivity index (χ2v) is 5.81. The maximum atomic E-state index is 12.4. The minimum absolute atomic E-state index is 0.0475. The number of carboxylic acid groups (broad SMARTS) is 1. The van der Waals surface area contributed by atoms with E-state index < -0.39 is 24.7 Å². The first-order chi connectivity index (χ1) is 12.5. The Balaban J connectivity index is 1.73. The highest BCUT2D eigenvalue weighted by molar-refractivity contribution is 6.49. The van der Waals surface area contributed by atoms with E-state index >= 15 is 0 Å². The van der Waals surface area contributed by atoms with Crippen molar-refractivity contribution in [1.82, 2.24) is 15.0 Å². The van der Waals surface area contributed by atoms with E-state index in [-0.39, 0.29) is 36.4 Å². The minimum atomic E-state index is -1.35. The number of benzene rings is 1. The first-order valence-corrected chi connectivity index (χ1v) is 7.77. The lowest BCUT2D eigenvalue weighted by atomic mass is 9.64. The third-order valence-electron chi connectivity index (χ3n) is 4.10. The third-order valence-corrected chi connectivity index (χ3v) is 4.10. The van der Waals surface area contributed by atoms with Crippen molar-refractivity contribution in [1.29, 1.82) is 0 Å². The highest BCUT2D eigenvalue weighted by Crippen LogP contribution is 2.36. The molecule has 10 nitrogen and oxygen atoms in total. The number of oxime groups is 1. The van der Waals surface area contributed by atoms with Gasteiger partial charge >= 0.3 is 13.1 Å². The fraction of sp³-hybridized carbons (Fsp3) is 0.267. The molecule has 1 aromatic heterocycles. The molecule has 0 unspecified atom stereocenters. The van der Waals surface area contributed by atoms with Gasteiger partial charge in [0.1, 0.15) is 18.0 Å². The molecule has 1 aliphatic heterocycles. The van der Waals surface area contributed by atoms with Crippen LogP contribution in [0.4, 0.5) is 0 Å². The fourth-order valence-corrected chi connectivity index (χ4v) is 2.82. The molecule has 2 aromatic rings. The van der Waals surface area contributed by atoms with Crippen molar-refractivity contribution in [2.75, 3.05) is 0 Å². The maximum absolute atomic E-state index is 12.4. The second-order valence-electron chi connectivity index (χ2n) is 5.81. The van der Waals surface area contributed by atoms with Crippen molar-refractivity contribution < 1.29 is 29.6 Å². The normalized spacial score (nSPS) is 16.7. The Hall–Kier alpha value is -3.21. The van der Waals surface area contributed by atoms with Crippen molar-refractivity contribution in [3.05, 3.63) is 41.7 Å². The van der Waals surface area contributed by atoms with Crippen molar-refractivity contribution >= 4 is 24.6 Å². The number of carbonyl (C=O) groups is 2. The molecular weight excluding hydrogens is 343 g/mol. The van der Waals surface area contributed by atoms with E-state index in [2.05, 4.69) is 15.4 Å². The first-order valence-electron chi connectivity index (χ1n) is 7.77. The molecular formula is C15H15BN4O6. The van der Waals surface area contributed by atoms with E-state index in [1.165, 1.54) is 23.3 Å². The van der Waals surface area contributed by atoms with Crippen LogP contribution in [-0.2, 0) is 17.8 Å². The molecule has 0 aliphatic carbocycles. The van der Waals surface area contributed by atoms with E-state index in [9.17, 15) is 19.7 Å². The van der Waals surface area contributed by atoms with E-state index in [1.54, 1.807) is 12.1 Å². The van der Waals surface area contributed by atoms with Gasteiger partial charge in [0.15, 0.2) is 5.78 Å². The van der Waals surface area contributed by atoms with Crippen molar-refractivity contribution in [2.24, 2.45) is 5.16 Å². The molecule has 3 N–H and O–H groups in total. The van der Waals surface area contributed by atoms with Gasteiger partial charge in [-0.1, -0.05) is 17.3 Å². The molecule has 0 saturated carbocycles. The summed E-state index contributed by atoms with van der Waals surface area (Å²) in [4.78, 5) is 24.8. The highest BCUT2D eigenvalue weighted by atomic mass is 16.5. The molecule has 0 spiro atoms. The summed E-state index contributed by atoms with van der Waals surface area (Å²) >= 11 is 0. The molecule has 0 radical (unpaired) electrons.